The van der Waals surface area contributed by atoms with Crippen molar-refractivity contribution in [1.82, 2.24) is 10.2 Å². The van der Waals surface area contributed by atoms with Crippen LogP contribution in [0.2, 0.25) is 0 Å². The zero-order valence-electron chi connectivity index (χ0n) is 18.3. The molecule has 0 spiro atoms. The number of nitrogens with zero attached hydrogens (tertiary/aromatic N) is 1. The van der Waals surface area contributed by atoms with Crippen LogP contribution in [0.3, 0.4) is 0 Å². The zero-order chi connectivity index (χ0) is 22.5. The van der Waals surface area contributed by atoms with E-state index >= 15 is 0 Å². The third-order valence-electron chi connectivity index (χ3n) is 5.38. The van der Waals surface area contributed by atoms with Gasteiger partial charge in [-0.3, -0.25) is 14.4 Å². The first-order valence-electron chi connectivity index (χ1n) is 11.0. The number of benzene rings is 1. The van der Waals surface area contributed by atoms with E-state index in [0.717, 1.165) is 37.7 Å². The van der Waals surface area contributed by atoms with Crippen LogP contribution in [0, 0.1) is 5.92 Å². The molecular weight excluding hydrogens is 396 g/mol. The predicted octanol–water partition coefficient (Wildman–Crippen LogP) is 3.15. The summed E-state index contributed by atoms with van der Waals surface area (Å²) in [6, 6.07) is 8.75. The van der Waals surface area contributed by atoms with Crippen molar-refractivity contribution >= 4 is 17.8 Å². The molecule has 2 N–H and O–H groups in total. The minimum Gasteiger partial charge on any atom is -0.481 e. The largest absolute Gasteiger partial charge is 0.481 e. The fraction of sp³-hybridized carbons (Fsp3) is 0.542. The van der Waals surface area contributed by atoms with Crippen molar-refractivity contribution in [1.29, 1.82) is 0 Å². The maximum Gasteiger partial charge on any atom is 0.304 e. The summed E-state index contributed by atoms with van der Waals surface area (Å²) >= 11 is 0. The van der Waals surface area contributed by atoms with Crippen LogP contribution < -0.4 is 5.32 Å². The van der Waals surface area contributed by atoms with Crippen LogP contribution in [0.4, 0.5) is 0 Å². The van der Waals surface area contributed by atoms with E-state index in [1.54, 1.807) is 11.9 Å². The molecule has 0 aliphatic carbocycles. The normalized spacial score (nSPS) is 22.8. The number of allylic oxidation sites excluding steroid dienone is 2. The van der Waals surface area contributed by atoms with E-state index in [0.29, 0.717) is 19.6 Å². The second-order valence-corrected chi connectivity index (χ2v) is 8.01. The van der Waals surface area contributed by atoms with Crippen LogP contribution in [0.25, 0.3) is 0 Å². The van der Waals surface area contributed by atoms with Crippen molar-refractivity contribution in [3.8, 4) is 0 Å². The first kappa shape index (κ1) is 24.6. The summed E-state index contributed by atoms with van der Waals surface area (Å²) < 4.78 is 5.74. The van der Waals surface area contributed by atoms with Crippen LogP contribution in [0.5, 0.6) is 0 Å². The van der Waals surface area contributed by atoms with Crippen molar-refractivity contribution in [2.75, 3.05) is 20.2 Å². The van der Waals surface area contributed by atoms with Crippen LogP contribution in [-0.2, 0) is 25.7 Å². The van der Waals surface area contributed by atoms with E-state index in [1.165, 1.54) is 0 Å². The number of carbonyl (C=O) groups is 3. The lowest BCUT2D eigenvalue weighted by molar-refractivity contribution is -0.142. The number of carbonyl (C=O) groups excluding carboxylic acids is 2. The van der Waals surface area contributed by atoms with Crippen molar-refractivity contribution in [3.63, 3.8) is 0 Å². The summed E-state index contributed by atoms with van der Waals surface area (Å²) in [5.74, 6) is -2.32. The lowest BCUT2D eigenvalue weighted by Crippen LogP contribution is -2.51. The third-order valence-corrected chi connectivity index (χ3v) is 5.38. The Balaban J connectivity index is 2.09. The quantitative estimate of drug-likeness (QED) is 0.676. The van der Waals surface area contributed by atoms with Gasteiger partial charge in [-0.25, -0.2) is 0 Å². The molecule has 0 bridgehead atoms. The molecule has 2 atom stereocenters. The number of amides is 2. The Labute approximate surface area is 184 Å². The monoisotopic (exact) mass is 430 g/mol. The summed E-state index contributed by atoms with van der Waals surface area (Å²) in [7, 11) is 1.72. The standard InChI is InChI=1S/C24H34N2O5/c1-26-15-11-6-4-2-3-5-10-14-20(16-22(27)28)23(29)25-21(24(26)30)18-31-17-19-12-8-7-9-13-19/h2-3,7-9,12-13,20-21H,4-6,10-11,14-18H2,1H3,(H,25,29)(H,27,28)/b3-2+/t20-,21+/m1/s1. The van der Waals surface area contributed by atoms with E-state index in [2.05, 4.69) is 17.5 Å². The van der Waals surface area contributed by atoms with Gasteiger partial charge in [0.1, 0.15) is 6.04 Å². The molecule has 31 heavy (non-hydrogen) atoms. The smallest absolute Gasteiger partial charge is 0.304 e. The Morgan fingerprint density at radius 3 is 2.55 bits per heavy atom. The summed E-state index contributed by atoms with van der Waals surface area (Å²) in [4.78, 5) is 38.7. The molecule has 7 nitrogen and oxygen atoms in total. The average Bonchev–Trinajstić information content (AvgIpc) is 2.75. The molecule has 1 aliphatic heterocycles. The molecule has 0 saturated heterocycles. The molecule has 1 aromatic rings. The first-order valence-corrected chi connectivity index (χ1v) is 11.0. The maximum absolute atomic E-state index is 13.0. The van der Waals surface area contributed by atoms with E-state index in [1.807, 2.05) is 30.3 Å². The number of likely N-dealkylation sites (N-methyl/N-ethyl adjacent to an activating group) is 1. The van der Waals surface area contributed by atoms with Gasteiger partial charge in [0.2, 0.25) is 11.8 Å². The van der Waals surface area contributed by atoms with Crippen molar-refractivity contribution in [2.45, 2.75) is 57.6 Å². The maximum atomic E-state index is 13.0. The highest BCUT2D eigenvalue weighted by atomic mass is 16.5. The Kier molecular flexibility index (Phi) is 10.8. The number of nitrogens with one attached hydrogen (secondary N) is 1. The molecule has 7 heteroatoms. The Bertz CT molecular complexity index is 735. The molecule has 1 aromatic carbocycles. The number of aliphatic carboxylic acids is 1. The van der Waals surface area contributed by atoms with Crippen LogP contribution in [-0.4, -0.2) is 54.0 Å². The molecule has 1 aliphatic rings. The summed E-state index contributed by atoms with van der Waals surface area (Å²) in [6.45, 7) is 0.954. The minimum absolute atomic E-state index is 0.0329. The number of carboxylic acid groups (broad SMARTS) is 1. The topological polar surface area (TPSA) is 95.9 Å². The van der Waals surface area contributed by atoms with Crippen molar-refractivity contribution < 1.29 is 24.2 Å². The van der Waals surface area contributed by atoms with Gasteiger partial charge >= 0.3 is 5.97 Å². The molecule has 2 rings (SSSR count). The lowest BCUT2D eigenvalue weighted by atomic mass is 9.96. The molecule has 170 valence electrons. The van der Waals surface area contributed by atoms with Gasteiger partial charge in [0.05, 0.1) is 19.6 Å². The third kappa shape index (κ3) is 9.34. The summed E-state index contributed by atoms with van der Waals surface area (Å²) in [5, 5.41) is 12.0. The van der Waals surface area contributed by atoms with Gasteiger partial charge in [-0.1, -0.05) is 42.5 Å². The van der Waals surface area contributed by atoms with Gasteiger partial charge in [0, 0.05) is 19.5 Å². The van der Waals surface area contributed by atoms with Gasteiger partial charge in [-0.2, -0.15) is 0 Å². The van der Waals surface area contributed by atoms with Gasteiger partial charge in [0.15, 0.2) is 0 Å². The average molecular weight is 431 g/mol. The number of rotatable bonds is 6. The summed E-state index contributed by atoms with van der Waals surface area (Å²) in [5.41, 5.74) is 0.975. The molecule has 0 unspecified atom stereocenters. The predicted molar refractivity (Wildman–Crippen MR) is 118 cm³/mol. The van der Waals surface area contributed by atoms with Crippen molar-refractivity contribution in [2.24, 2.45) is 5.92 Å². The second kappa shape index (κ2) is 13.6. The SMILES string of the molecule is CN1CCCC/C=C/CCC[C@H](CC(=O)O)C(=O)N[C@@H](COCc2ccccc2)C1=O. The minimum atomic E-state index is -1.02. The highest BCUT2D eigenvalue weighted by molar-refractivity contribution is 5.89. The van der Waals surface area contributed by atoms with E-state index in [4.69, 9.17) is 4.74 Å². The number of hydrogen-bond acceptors (Lipinski definition) is 4. The second-order valence-electron chi connectivity index (χ2n) is 8.01. The molecule has 0 radical (unpaired) electrons. The summed E-state index contributed by atoms with van der Waals surface area (Å²) in [6.07, 6.45) is 8.76. The Morgan fingerprint density at radius 1 is 1.13 bits per heavy atom. The van der Waals surface area contributed by atoms with Gasteiger partial charge in [0.25, 0.3) is 0 Å². The first-order chi connectivity index (χ1) is 15.0. The Morgan fingerprint density at radius 2 is 1.84 bits per heavy atom. The number of hydrogen-bond donors (Lipinski definition) is 2. The number of ether oxygens (including phenoxy) is 1. The van der Waals surface area contributed by atoms with E-state index < -0.39 is 23.8 Å². The molecule has 0 saturated carbocycles. The van der Waals surface area contributed by atoms with Crippen LogP contribution >= 0.6 is 0 Å². The number of carboxylic acids is 1. The highest BCUT2D eigenvalue weighted by Crippen LogP contribution is 2.15. The molecular formula is C24H34N2O5. The van der Waals surface area contributed by atoms with Gasteiger partial charge < -0.3 is 20.1 Å². The van der Waals surface area contributed by atoms with Gasteiger partial charge in [-0.05, 0) is 44.1 Å². The zero-order valence-corrected chi connectivity index (χ0v) is 18.3. The van der Waals surface area contributed by atoms with E-state index in [9.17, 15) is 19.5 Å². The molecule has 0 aromatic heterocycles. The molecule has 2 amide bonds. The fourth-order valence-electron chi connectivity index (χ4n) is 3.57. The molecule has 1 heterocycles. The van der Waals surface area contributed by atoms with Crippen LogP contribution in [0.1, 0.15) is 50.5 Å². The van der Waals surface area contributed by atoms with Crippen LogP contribution in [0.15, 0.2) is 42.5 Å². The molecule has 0 fully saturated rings. The van der Waals surface area contributed by atoms with Gasteiger partial charge in [-0.15, -0.1) is 0 Å². The fourth-order valence-corrected chi connectivity index (χ4v) is 3.57. The van der Waals surface area contributed by atoms with E-state index in [-0.39, 0.29) is 18.9 Å². The highest BCUT2D eigenvalue weighted by Gasteiger charge is 2.28. The van der Waals surface area contributed by atoms with Crippen molar-refractivity contribution in [3.05, 3.63) is 48.0 Å². The Hall–Kier alpha value is -2.67. The lowest BCUT2D eigenvalue weighted by Gasteiger charge is -2.26.